The van der Waals surface area contributed by atoms with Crippen LogP contribution in [0.15, 0.2) is 24.3 Å². The molecule has 3 unspecified atom stereocenters. The van der Waals surface area contributed by atoms with Crippen molar-refractivity contribution in [2.45, 2.75) is 128 Å². The van der Waals surface area contributed by atoms with Crippen molar-refractivity contribution in [1.29, 1.82) is 0 Å². The number of rotatable bonds is 8. The van der Waals surface area contributed by atoms with Gasteiger partial charge in [0.05, 0.1) is 0 Å². The van der Waals surface area contributed by atoms with Crippen molar-refractivity contribution in [1.82, 2.24) is 5.32 Å². The molecular formula is C31H51NO. The van der Waals surface area contributed by atoms with Gasteiger partial charge in [0.25, 0.3) is 0 Å². The molecule has 4 aliphatic carbocycles. The van der Waals surface area contributed by atoms with Gasteiger partial charge in [0.15, 0.2) is 0 Å². The zero-order valence-electron chi connectivity index (χ0n) is 21.4. The van der Waals surface area contributed by atoms with Crippen LogP contribution in [0.4, 0.5) is 0 Å². The lowest BCUT2D eigenvalue weighted by atomic mass is 9.54. The van der Waals surface area contributed by atoms with Crippen molar-refractivity contribution in [2.75, 3.05) is 6.54 Å². The molecule has 0 aromatic heterocycles. The largest absolute Gasteiger partial charge is 0.356 e. The Balaban J connectivity index is 1.36. The Bertz CT molecular complexity index is 652. The summed E-state index contributed by atoms with van der Waals surface area (Å²) in [5.74, 6) is 3.21. The first kappa shape index (κ1) is 25.1. The zero-order valence-corrected chi connectivity index (χ0v) is 21.4. The number of amides is 1. The monoisotopic (exact) mass is 453 g/mol. The molecule has 1 N–H and O–H groups in total. The quantitative estimate of drug-likeness (QED) is 0.223. The maximum Gasteiger partial charge on any atom is 0.223 e. The molecule has 4 aliphatic rings. The zero-order chi connectivity index (χ0) is 22.9. The Kier molecular flexibility index (Phi) is 9.56. The van der Waals surface area contributed by atoms with Gasteiger partial charge in [-0.1, -0.05) is 81.9 Å². The van der Waals surface area contributed by atoms with E-state index < -0.39 is 0 Å². The van der Waals surface area contributed by atoms with Crippen LogP contribution in [-0.4, -0.2) is 12.5 Å². The molecule has 0 aliphatic heterocycles. The number of hydrogen-bond donors (Lipinski definition) is 1. The van der Waals surface area contributed by atoms with Crippen LogP contribution in [0.1, 0.15) is 128 Å². The van der Waals surface area contributed by atoms with Gasteiger partial charge in [-0.3, -0.25) is 4.79 Å². The molecular weight excluding hydrogens is 402 g/mol. The van der Waals surface area contributed by atoms with E-state index >= 15 is 0 Å². The molecule has 186 valence electrons. The molecule has 2 nitrogen and oxygen atoms in total. The lowest BCUT2D eigenvalue weighted by Gasteiger charge is -2.51. The Hall–Kier alpha value is -1.05. The fourth-order valence-electron chi connectivity index (χ4n) is 8.26. The summed E-state index contributed by atoms with van der Waals surface area (Å²) < 4.78 is 0. The van der Waals surface area contributed by atoms with Gasteiger partial charge in [-0.25, -0.2) is 0 Å². The predicted molar refractivity (Wildman–Crippen MR) is 140 cm³/mol. The Labute approximate surface area is 204 Å². The topological polar surface area (TPSA) is 29.1 Å². The SMILES string of the molecule is C=CC1(C2CCCC=C(CCCNC(=O)C3CCCC3)C2)CCCCC1C1CCCCCC1. The van der Waals surface area contributed by atoms with Crippen LogP contribution in [-0.2, 0) is 4.79 Å². The van der Waals surface area contributed by atoms with Gasteiger partial charge in [-0.15, -0.1) is 6.58 Å². The summed E-state index contributed by atoms with van der Waals surface area (Å²) in [6.07, 6.45) is 31.7. The molecule has 33 heavy (non-hydrogen) atoms. The Morgan fingerprint density at radius 3 is 2.42 bits per heavy atom. The van der Waals surface area contributed by atoms with Gasteiger partial charge >= 0.3 is 0 Å². The van der Waals surface area contributed by atoms with Gasteiger partial charge in [-0.2, -0.15) is 0 Å². The third kappa shape index (κ3) is 6.34. The highest BCUT2D eigenvalue weighted by Gasteiger charge is 2.47. The van der Waals surface area contributed by atoms with E-state index in [-0.39, 0.29) is 0 Å². The molecule has 4 rings (SSSR count). The van der Waals surface area contributed by atoms with Gasteiger partial charge in [-0.05, 0) is 87.4 Å². The smallest absolute Gasteiger partial charge is 0.223 e. The highest BCUT2D eigenvalue weighted by molar-refractivity contribution is 5.78. The second-order valence-corrected chi connectivity index (χ2v) is 12.0. The van der Waals surface area contributed by atoms with Crippen molar-refractivity contribution in [2.24, 2.45) is 29.1 Å². The van der Waals surface area contributed by atoms with Crippen molar-refractivity contribution in [3.05, 3.63) is 24.3 Å². The van der Waals surface area contributed by atoms with Gasteiger partial charge in [0, 0.05) is 12.5 Å². The molecule has 3 fully saturated rings. The van der Waals surface area contributed by atoms with Crippen LogP contribution in [0.25, 0.3) is 0 Å². The van der Waals surface area contributed by atoms with Crippen LogP contribution < -0.4 is 5.32 Å². The Morgan fingerprint density at radius 2 is 1.67 bits per heavy atom. The number of carbonyl (C=O) groups is 1. The summed E-state index contributed by atoms with van der Waals surface area (Å²) in [6, 6.07) is 0. The maximum absolute atomic E-state index is 12.4. The van der Waals surface area contributed by atoms with Crippen molar-refractivity contribution in [3.8, 4) is 0 Å². The number of carbonyl (C=O) groups excluding carboxylic acids is 1. The van der Waals surface area contributed by atoms with Gasteiger partial charge < -0.3 is 5.32 Å². The number of allylic oxidation sites excluding steroid dienone is 3. The Morgan fingerprint density at radius 1 is 0.939 bits per heavy atom. The summed E-state index contributed by atoms with van der Waals surface area (Å²) in [6.45, 7) is 5.38. The molecule has 0 spiro atoms. The van der Waals surface area contributed by atoms with Crippen molar-refractivity contribution < 1.29 is 4.79 Å². The molecule has 3 saturated carbocycles. The van der Waals surface area contributed by atoms with E-state index in [1.807, 2.05) is 0 Å². The molecule has 0 bridgehead atoms. The summed E-state index contributed by atoms with van der Waals surface area (Å²) in [7, 11) is 0. The van der Waals surface area contributed by atoms with E-state index in [1.165, 1.54) is 109 Å². The molecule has 1 amide bonds. The third-order valence-electron chi connectivity index (χ3n) is 10.1. The highest BCUT2D eigenvalue weighted by Crippen LogP contribution is 2.56. The molecule has 0 aromatic rings. The summed E-state index contributed by atoms with van der Waals surface area (Å²) in [4.78, 5) is 12.4. The minimum atomic E-state index is 0.297. The molecule has 0 radical (unpaired) electrons. The summed E-state index contributed by atoms with van der Waals surface area (Å²) in [5.41, 5.74) is 2.05. The van der Waals surface area contributed by atoms with Crippen LogP contribution in [0, 0.1) is 29.1 Å². The standard InChI is InChI=1S/C31H51NO/c1-2-31(22-12-11-21-29(31)26-16-5-3-4-6-17-26)28-20-10-7-14-25(24-28)15-13-23-32-30(33)27-18-8-9-19-27/h2,14,26-29H,1,3-13,15-24H2,(H,32,33). The van der Waals surface area contributed by atoms with E-state index in [0.29, 0.717) is 17.2 Å². The van der Waals surface area contributed by atoms with E-state index in [1.54, 1.807) is 5.57 Å². The van der Waals surface area contributed by atoms with Gasteiger partial charge in [0.1, 0.15) is 0 Å². The van der Waals surface area contributed by atoms with Crippen LogP contribution in [0.5, 0.6) is 0 Å². The van der Waals surface area contributed by atoms with E-state index in [0.717, 1.165) is 43.6 Å². The molecule has 0 aromatic carbocycles. The second-order valence-electron chi connectivity index (χ2n) is 12.0. The molecule has 0 saturated heterocycles. The second kappa shape index (κ2) is 12.6. The number of nitrogens with one attached hydrogen (secondary N) is 1. The first-order valence-electron chi connectivity index (χ1n) is 14.8. The van der Waals surface area contributed by atoms with Crippen LogP contribution >= 0.6 is 0 Å². The van der Waals surface area contributed by atoms with Crippen molar-refractivity contribution >= 4 is 5.91 Å². The van der Waals surface area contributed by atoms with E-state index in [2.05, 4.69) is 24.0 Å². The van der Waals surface area contributed by atoms with Gasteiger partial charge in [0.2, 0.25) is 5.91 Å². The normalized spacial score (nSPS) is 32.5. The maximum atomic E-state index is 12.4. The van der Waals surface area contributed by atoms with Crippen LogP contribution in [0.3, 0.4) is 0 Å². The summed E-state index contributed by atoms with van der Waals surface area (Å²) in [5, 5.41) is 3.25. The highest BCUT2D eigenvalue weighted by atomic mass is 16.1. The molecule has 0 heterocycles. The third-order valence-corrected chi connectivity index (χ3v) is 10.1. The lowest BCUT2D eigenvalue weighted by Crippen LogP contribution is -2.42. The predicted octanol–water partition coefficient (Wildman–Crippen LogP) is 8.52. The lowest BCUT2D eigenvalue weighted by molar-refractivity contribution is -0.124. The first-order valence-corrected chi connectivity index (χ1v) is 14.8. The van der Waals surface area contributed by atoms with Crippen molar-refractivity contribution in [3.63, 3.8) is 0 Å². The average Bonchev–Trinajstić information content (AvgIpc) is 3.11. The minimum Gasteiger partial charge on any atom is -0.356 e. The molecule has 3 atom stereocenters. The minimum absolute atomic E-state index is 0.297. The van der Waals surface area contributed by atoms with Crippen LogP contribution in [0.2, 0.25) is 0 Å². The first-order chi connectivity index (χ1) is 16.2. The fourth-order valence-corrected chi connectivity index (χ4v) is 8.26. The van der Waals surface area contributed by atoms with E-state index in [4.69, 9.17) is 0 Å². The van der Waals surface area contributed by atoms with E-state index in [9.17, 15) is 4.79 Å². The summed E-state index contributed by atoms with van der Waals surface area (Å²) >= 11 is 0. The average molecular weight is 454 g/mol. The molecule has 2 heteroatoms. The number of hydrogen-bond acceptors (Lipinski definition) is 1. The fraction of sp³-hybridized carbons (Fsp3) is 0.839.